The maximum atomic E-state index is 2.52. The summed E-state index contributed by atoms with van der Waals surface area (Å²) in [6, 6.07) is 55.8. The summed E-state index contributed by atoms with van der Waals surface area (Å²) in [5, 5.41) is 0. The van der Waals surface area contributed by atoms with Gasteiger partial charge in [-0.2, -0.15) is 0 Å². The first-order chi connectivity index (χ1) is 20.8. The second kappa shape index (κ2) is 9.19. The molecule has 0 spiro atoms. The first-order valence-corrected chi connectivity index (χ1v) is 14.9. The molecule has 3 aliphatic rings. The van der Waals surface area contributed by atoms with Crippen LogP contribution in [0.25, 0.3) is 33.4 Å². The van der Waals surface area contributed by atoms with E-state index in [0.29, 0.717) is 11.8 Å². The molecule has 2 atom stereocenters. The van der Waals surface area contributed by atoms with Crippen molar-refractivity contribution in [3.63, 3.8) is 0 Å². The molecular weight excluding hydrogens is 506 g/mol. The fraction of sp³-hybridized carbons (Fsp3) is 0.0732. The topological polar surface area (TPSA) is 3.24 Å². The van der Waals surface area contributed by atoms with E-state index in [1.807, 2.05) is 0 Å². The van der Waals surface area contributed by atoms with Crippen LogP contribution >= 0.6 is 0 Å². The Hall–Kier alpha value is -5.14. The fourth-order valence-electron chi connectivity index (χ4n) is 7.38. The van der Waals surface area contributed by atoms with Gasteiger partial charge in [-0.1, -0.05) is 121 Å². The van der Waals surface area contributed by atoms with Gasteiger partial charge < -0.3 is 4.90 Å². The average Bonchev–Trinajstić information content (AvgIpc) is 3.88. The van der Waals surface area contributed by atoms with Crippen LogP contribution in [0.3, 0.4) is 0 Å². The number of benzene rings is 6. The zero-order valence-electron chi connectivity index (χ0n) is 23.2. The number of hydrogen-bond donors (Lipinski definition) is 0. The molecule has 2 unspecified atom stereocenters. The van der Waals surface area contributed by atoms with Crippen molar-refractivity contribution in [2.45, 2.75) is 12.3 Å². The second-order valence-corrected chi connectivity index (χ2v) is 11.7. The summed E-state index contributed by atoms with van der Waals surface area (Å²) in [5.74, 6) is 1.19. The lowest BCUT2D eigenvalue weighted by Gasteiger charge is -2.29. The molecule has 6 aromatic carbocycles. The molecule has 9 rings (SSSR count). The van der Waals surface area contributed by atoms with Crippen molar-refractivity contribution in [3.05, 3.63) is 174 Å². The van der Waals surface area contributed by atoms with Crippen molar-refractivity contribution in [2.24, 2.45) is 5.92 Å². The van der Waals surface area contributed by atoms with Gasteiger partial charge in [0.05, 0.1) is 11.4 Å². The van der Waals surface area contributed by atoms with Crippen LogP contribution in [0.1, 0.15) is 34.6 Å². The first-order valence-electron chi connectivity index (χ1n) is 14.9. The lowest BCUT2D eigenvalue weighted by atomic mass is 9.80. The summed E-state index contributed by atoms with van der Waals surface area (Å²) >= 11 is 0. The summed E-state index contributed by atoms with van der Waals surface area (Å²) in [7, 11) is 0. The molecule has 1 saturated carbocycles. The van der Waals surface area contributed by atoms with E-state index in [2.05, 4.69) is 157 Å². The lowest BCUT2D eigenvalue weighted by molar-refractivity contribution is 1.01. The molecule has 1 aliphatic heterocycles. The summed E-state index contributed by atoms with van der Waals surface area (Å²) in [6.07, 6.45) is 1.23. The molecule has 0 radical (unpaired) electrons. The third-order valence-corrected chi connectivity index (χ3v) is 9.30. The highest BCUT2D eigenvalue weighted by atomic mass is 15.1. The smallest absolute Gasteiger partial charge is 0.0540 e. The fourth-order valence-corrected chi connectivity index (χ4v) is 7.38. The van der Waals surface area contributed by atoms with E-state index >= 15 is 0 Å². The predicted molar refractivity (Wildman–Crippen MR) is 175 cm³/mol. The molecule has 0 saturated heterocycles. The van der Waals surface area contributed by atoms with Crippen LogP contribution in [0.2, 0.25) is 0 Å². The summed E-state index contributed by atoms with van der Waals surface area (Å²) in [5.41, 5.74) is 17.1. The molecule has 0 amide bonds. The zero-order valence-corrected chi connectivity index (χ0v) is 23.2. The molecular formula is C41H29N. The van der Waals surface area contributed by atoms with Gasteiger partial charge in [-0.05, 0) is 93.1 Å². The van der Waals surface area contributed by atoms with Gasteiger partial charge in [0.2, 0.25) is 0 Å². The SMILES string of the molecule is c1ccc(-c2cc(-c3ccccc3)cc(N3c4ccccc4C4=C(c5ccccc53)C3CC3c3ccccc34)c2)cc1. The van der Waals surface area contributed by atoms with Crippen LogP contribution in [0.5, 0.6) is 0 Å². The number of para-hydroxylation sites is 2. The standard InChI is InChI=1S/C41H29N/c1-3-13-27(14-4-1)29-23-30(28-15-5-2-6-16-28)25-31(24-29)42-38-21-11-9-19-34(38)40-33-18-8-7-17-32(33)36-26-37(36)41(40)35-20-10-12-22-39(35)42/h1-25,36-37H,26H2. The monoisotopic (exact) mass is 535 g/mol. The molecule has 1 fully saturated rings. The summed E-state index contributed by atoms with van der Waals surface area (Å²) in [6.45, 7) is 0. The molecule has 0 aromatic heterocycles. The van der Waals surface area contributed by atoms with Crippen molar-refractivity contribution in [2.75, 3.05) is 4.90 Å². The molecule has 1 heterocycles. The van der Waals surface area contributed by atoms with E-state index in [-0.39, 0.29) is 0 Å². The van der Waals surface area contributed by atoms with E-state index in [1.165, 1.54) is 79.1 Å². The molecule has 6 aromatic rings. The molecule has 2 aliphatic carbocycles. The molecule has 1 nitrogen and oxygen atoms in total. The molecule has 1 heteroatoms. The van der Waals surface area contributed by atoms with Gasteiger partial charge in [0, 0.05) is 16.8 Å². The minimum atomic E-state index is 0.569. The number of anilines is 3. The highest BCUT2D eigenvalue weighted by Gasteiger charge is 2.49. The Balaban J connectivity index is 1.35. The van der Waals surface area contributed by atoms with Gasteiger partial charge in [0.25, 0.3) is 0 Å². The van der Waals surface area contributed by atoms with Crippen molar-refractivity contribution < 1.29 is 0 Å². The highest BCUT2D eigenvalue weighted by Crippen LogP contribution is 2.65. The van der Waals surface area contributed by atoms with Gasteiger partial charge >= 0.3 is 0 Å². The Morgan fingerprint density at radius 2 is 0.952 bits per heavy atom. The minimum absolute atomic E-state index is 0.569. The Labute approximate surface area is 247 Å². The van der Waals surface area contributed by atoms with E-state index in [1.54, 1.807) is 0 Å². The van der Waals surface area contributed by atoms with Crippen LogP contribution in [0.4, 0.5) is 17.1 Å². The molecule has 42 heavy (non-hydrogen) atoms. The van der Waals surface area contributed by atoms with Crippen molar-refractivity contribution in [3.8, 4) is 22.3 Å². The van der Waals surface area contributed by atoms with Gasteiger partial charge in [0.1, 0.15) is 0 Å². The minimum Gasteiger partial charge on any atom is -0.309 e. The number of nitrogens with zero attached hydrogens (tertiary/aromatic N) is 1. The lowest BCUT2D eigenvalue weighted by Crippen LogP contribution is -2.12. The van der Waals surface area contributed by atoms with E-state index in [9.17, 15) is 0 Å². The quantitative estimate of drug-likeness (QED) is 0.218. The van der Waals surface area contributed by atoms with Crippen LogP contribution in [0.15, 0.2) is 152 Å². The Morgan fingerprint density at radius 3 is 1.62 bits per heavy atom. The van der Waals surface area contributed by atoms with E-state index < -0.39 is 0 Å². The van der Waals surface area contributed by atoms with Crippen LogP contribution in [-0.2, 0) is 0 Å². The number of allylic oxidation sites excluding steroid dienone is 1. The van der Waals surface area contributed by atoms with Crippen LogP contribution in [-0.4, -0.2) is 0 Å². The number of rotatable bonds is 3. The van der Waals surface area contributed by atoms with Crippen molar-refractivity contribution in [1.29, 1.82) is 0 Å². The number of hydrogen-bond acceptors (Lipinski definition) is 1. The van der Waals surface area contributed by atoms with E-state index in [4.69, 9.17) is 0 Å². The average molecular weight is 536 g/mol. The Kier molecular flexibility index (Phi) is 5.15. The van der Waals surface area contributed by atoms with Gasteiger partial charge in [0.15, 0.2) is 0 Å². The van der Waals surface area contributed by atoms with Crippen molar-refractivity contribution >= 4 is 28.2 Å². The largest absolute Gasteiger partial charge is 0.309 e. The normalized spacial score (nSPS) is 17.8. The summed E-state index contributed by atoms with van der Waals surface area (Å²) in [4.78, 5) is 2.52. The Bertz CT molecular complexity index is 1960. The maximum Gasteiger partial charge on any atom is 0.0540 e. The molecule has 0 bridgehead atoms. The summed E-state index contributed by atoms with van der Waals surface area (Å²) < 4.78 is 0. The van der Waals surface area contributed by atoms with Gasteiger partial charge in [-0.3, -0.25) is 0 Å². The van der Waals surface area contributed by atoms with Crippen LogP contribution in [0, 0.1) is 5.92 Å². The third kappa shape index (κ3) is 3.57. The second-order valence-electron chi connectivity index (χ2n) is 11.7. The first kappa shape index (κ1) is 23.6. The Morgan fingerprint density at radius 1 is 0.429 bits per heavy atom. The zero-order chi connectivity index (χ0) is 27.6. The third-order valence-electron chi connectivity index (χ3n) is 9.30. The van der Waals surface area contributed by atoms with Crippen molar-refractivity contribution in [1.82, 2.24) is 0 Å². The number of fused-ring (bicyclic) bond motifs is 9. The predicted octanol–water partition coefficient (Wildman–Crippen LogP) is 10.9. The van der Waals surface area contributed by atoms with Gasteiger partial charge in [-0.25, -0.2) is 0 Å². The van der Waals surface area contributed by atoms with Crippen LogP contribution < -0.4 is 4.90 Å². The van der Waals surface area contributed by atoms with E-state index in [0.717, 1.165) is 0 Å². The maximum absolute atomic E-state index is 2.52. The van der Waals surface area contributed by atoms with Gasteiger partial charge in [-0.15, -0.1) is 0 Å². The molecule has 0 N–H and O–H groups in total. The molecule has 198 valence electrons. The highest BCUT2D eigenvalue weighted by molar-refractivity contribution is 6.11.